The number of alkyl carbamates (subject to hydrolysis) is 1. The molecule has 0 aliphatic rings. The molecule has 0 aliphatic heterocycles. The Bertz CT molecular complexity index is 883. The van der Waals surface area contributed by atoms with Gasteiger partial charge >= 0.3 is 6.09 Å². The maximum absolute atomic E-state index is 12.6. The van der Waals surface area contributed by atoms with E-state index in [1.807, 2.05) is 0 Å². The SMILES string of the molecule is C#CCOc1ccc(C(C)=O)cc1C(=O)NCCCCC(NC(=O)OC(C)(C)C)C(N)=O. The second-order valence-corrected chi connectivity index (χ2v) is 8.11. The lowest BCUT2D eigenvalue weighted by molar-refractivity contribution is -0.120. The first-order valence-electron chi connectivity index (χ1n) is 10.2. The van der Waals surface area contributed by atoms with Crippen molar-refractivity contribution in [2.45, 2.75) is 58.6 Å². The van der Waals surface area contributed by atoms with Crippen LogP contribution >= 0.6 is 0 Å². The fraction of sp³-hybridized carbons (Fsp3) is 0.478. The topological polar surface area (TPSA) is 137 Å². The molecule has 0 saturated heterocycles. The largest absolute Gasteiger partial charge is 0.480 e. The number of hydrogen-bond donors (Lipinski definition) is 3. The van der Waals surface area contributed by atoms with Crippen LogP contribution < -0.4 is 21.1 Å². The summed E-state index contributed by atoms with van der Waals surface area (Å²) < 4.78 is 10.5. The minimum atomic E-state index is -0.878. The molecule has 1 unspecified atom stereocenters. The number of nitrogens with two attached hydrogens (primary N) is 1. The van der Waals surface area contributed by atoms with Gasteiger partial charge in [-0.25, -0.2) is 4.79 Å². The minimum Gasteiger partial charge on any atom is -0.480 e. The highest BCUT2D eigenvalue weighted by Crippen LogP contribution is 2.21. The lowest BCUT2D eigenvalue weighted by Gasteiger charge is -2.22. The molecule has 0 fully saturated rings. The second-order valence-electron chi connectivity index (χ2n) is 8.11. The first-order valence-corrected chi connectivity index (χ1v) is 10.2. The zero-order valence-electron chi connectivity index (χ0n) is 18.9. The number of amides is 3. The molecule has 174 valence electrons. The summed E-state index contributed by atoms with van der Waals surface area (Å²) in [5, 5.41) is 5.20. The number of Topliss-reactive ketones (excluding diaryl/α,β-unsaturated/α-hetero) is 1. The van der Waals surface area contributed by atoms with Gasteiger partial charge in [0.15, 0.2) is 5.78 Å². The first kappa shape index (κ1) is 26.5. The molecule has 0 radical (unpaired) electrons. The molecule has 4 N–H and O–H groups in total. The Labute approximate surface area is 188 Å². The van der Waals surface area contributed by atoms with Crippen LogP contribution in [-0.2, 0) is 9.53 Å². The third-order valence-electron chi connectivity index (χ3n) is 4.18. The number of ketones is 1. The molecule has 9 heteroatoms. The van der Waals surface area contributed by atoms with E-state index >= 15 is 0 Å². The van der Waals surface area contributed by atoms with E-state index in [1.165, 1.54) is 19.1 Å². The number of benzene rings is 1. The van der Waals surface area contributed by atoms with E-state index in [2.05, 4.69) is 16.6 Å². The predicted octanol–water partition coefficient (Wildman–Crippen LogP) is 2.18. The van der Waals surface area contributed by atoms with Crippen LogP contribution in [-0.4, -0.2) is 48.5 Å². The van der Waals surface area contributed by atoms with Gasteiger partial charge in [-0.05, 0) is 65.2 Å². The van der Waals surface area contributed by atoms with Crippen LogP contribution in [0.3, 0.4) is 0 Å². The van der Waals surface area contributed by atoms with Crippen molar-refractivity contribution in [2.75, 3.05) is 13.2 Å². The molecule has 32 heavy (non-hydrogen) atoms. The number of unbranched alkanes of at least 4 members (excludes halogenated alkanes) is 1. The van der Waals surface area contributed by atoms with E-state index in [0.29, 0.717) is 31.4 Å². The summed E-state index contributed by atoms with van der Waals surface area (Å²) in [6.45, 7) is 6.82. The quantitative estimate of drug-likeness (QED) is 0.271. The monoisotopic (exact) mass is 445 g/mol. The summed E-state index contributed by atoms with van der Waals surface area (Å²) in [5.74, 6) is 1.34. The summed E-state index contributed by atoms with van der Waals surface area (Å²) in [6, 6.07) is 3.67. The van der Waals surface area contributed by atoms with Crippen LogP contribution in [0.15, 0.2) is 18.2 Å². The van der Waals surface area contributed by atoms with Crippen molar-refractivity contribution in [1.29, 1.82) is 0 Å². The van der Waals surface area contributed by atoms with Crippen LogP contribution in [0.4, 0.5) is 4.79 Å². The number of nitrogens with one attached hydrogen (secondary N) is 2. The molecule has 0 bridgehead atoms. The molecule has 0 spiro atoms. The molecule has 1 rings (SSSR count). The van der Waals surface area contributed by atoms with Crippen molar-refractivity contribution in [1.82, 2.24) is 10.6 Å². The summed E-state index contributed by atoms with van der Waals surface area (Å²) in [4.78, 5) is 47.7. The van der Waals surface area contributed by atoms with Crippen LogP contribution in [0.1, 0.15) is 67.7 Å². The molecule has 0 aromatic heterocycles. The van der Waals surface area contributed by atoms with Crippen molar-refractivity contribution in [2.24, 2.45) is 5.73 Å². The molecule has 0 heterocycles. The second kappa shape index (κ2) is 12.3. The molecular formula is C23H31N3O6. The van der Waals surface area contributed by atoms with Crippen LogP contribution in [0.5, 0.6) is 5.75 Å². The minimum absolute atomic E-state index is 0.0150. The van der Waals surface area contributed by atoms with Crippen LogP contribution in [0.2, 0.25) is 0 Å². The summed E-state index contributed by atoms with van der Waals surface area (Å²) in [6.07, 6.45) is 5.81. The Balaban J connectivity index is 2.60. The van der Waals surface area contributed by atoms with E-state index in [9.17, 15) is 19.2 Å². The Morgan fingerprint density at radius 1 is 1.19 bits per heavy atom. The lowest BCUT2D eigenvalue weighted by atomic mass is 10.1. The molecule has 0 saturated carbocycles. The van der Waals surface area contributed by atoms with E-state index < -0.39 is 29.6 Å². The van der Waals surface area contributed by atoms with Gasteiger partial charge in [-0.2, -0.15) is 0 Å². The first-order chi connectivity index (χ1) is 14.9. The van der Waals surface area contributed by atoms with Crippen molar-refractivity contribution in [3.05, 3.63) is 29.3 Å². The standard InChI is InChI=1S/C23H31N3O6/c1-6-13-31-19-11-10-16(15(2)27)14-17(19)21(29)25-12-8-7-9-18(20(24)28)26-22(30)32-23(3,4)5/h1,10-11,14,18H,7-9,12-13H2,2-5H3,(H2,24,28)(H,25,29)(H,26,30). The van der Waals surface area contributed by atoms with E-state index in [0.717, 1.165) is 0 Å². The number of terminal acetylenes is 1. The number of carbonyl (C=O) groups is 4. The van der Waals surface area contributed by atoms with Gasteiger partial charge in [0.1, 0.15) is 24.0 Å². The fourth-order valence-electron chi connectivity index (χ4n) is 2.68. The van der Waals surface area contributed by atoms with E-state index in [4.69, 9.17) is 21.6 Å². The van der Waals surface area contributed by atoms with Crippen molar-refractivity contribution < 1.29 is 28.7 Å². The fourth-order valence-corrected chi connectivity index (χ4v) is 2.68. The lowest BCUT2D eigenvalue weighted by Crippen LogP contribution is -2.46. The zero-order chi connectivity index (χ0) is 24.3. The van der Waals surface area contributed by atoms with E-state index in [-0.39, 0.29) is 23.7 Å². The highest BCUT2D eigenvalue weighted by Gasteiger charge is 2.22. The van der Waals surface area contributed by atoms with Gasteiger partial charge in [-0.1, -0.05) is 5.92 Å². The maximum Gasteiger partial charge on any atom is 0.408 e. The molecule has 1 aromatic rings. The van der Waals surface area contributed by atoms with Gasteiger partial charge in [0.2, 0.25) is 5.91 Å². The molecular weight excluding hydrogens is 414 g/mol. The van der Waals surface area contributed by atoms with E-state index in [1.54, 1.807) is 26.8 Å². The molecule has 0 aliphatic carbocycles. The van der Waals surface area contributed by atoms with Gasteiger partial charge in [-0.3, -0.25) is 14.4 Å². The van der Waals surface area contributed by atoms with Crippen LogP contribution in [0.25, 0.3) is 0 Å². The third-order valence-corrected chi connectivity index (χ3v) is 4.18. The normalized spacial score (nSPS) is 11.6. The molecule has 3 amide bonds. The number of hydrogen-bond acceptors (Lipinski definition) is 6. The van der Waals surface area contributed by atoms with Crippen molar-refractivity contribution >= 4 is 23.7 Å². The Morgan fingerprint density at radius 2 is 1.88 bits per heavy atom. The average molecular weight is 446 g/mol. The zero-order valence-corrected chi connectivity index (χ0v) is 18.9. The number of carbonyl (C=O) groups excluding carboxylic acids is 4. The maximum atomic E-state index is 12.6. The van der Waals surface area contributed by atoms with Gasteiger partial charge < -0.3 is 25.8 Å². The van der Waals surface area contributed by atoms with Gasteiger partial charge in [0.05, 0.1) is 5.56 Å². The highest BCUT2D eigenvalue weighted by atomic mass is 16.6. The van der Waals surface area contributed by atoms with Crippen molar-refractivity contribution in [3.8, 4) is 18.1 Å². The summed E-state index contributed by atoms with van der Waals surface area (Å²) >= 11 is 0. The number of rotatable bonds is 11. The summed E-state index contributed by atoms with van der Waals surface area (Å²) in [5.41, 5.74) is 5.23. The molecule has 9 nitrogen and oxygen atoms in total. The summed E-state index contributed by atoms with van der Waals surface area (Å²) in [7, 11) is 0. The smallest absolute Gasteiger partial charge is 0.408 e. The molecule has 1 atom stereocenters. The number of ether oxygens (including phenoxy) is 2. The predicted molar refractivity (Wildman–Crippen MR) is 119 cm³/mol. The van der Waals surface area contributed by atoms with Crippen LogP contribution in [0, 0.1) is 12.3 Å². The molecule has 1 aromatic carbocycles. The Morgan fingerprint density at radius 3 is 2.44 bits per heavy atom. The third kappa shape index (κ3) is 9.51. The van der Waals surface area contributed by atoms with Gasteiger partial charge in [0.25, 0.3) is 5.91 Å². The van der Waals surface area contributed by atoms with Crippen molar-refractivity contribution in [3.63, 3.8) is 0 Å². The highest BCUT2D eigenvalue weighted by molar-refractivity contribution is 6.01. The Kier molecular flexibility index (Phi) is 10.2. The van der Waals surface area contributed by atoms with Gasteiger partial charge in [-0.15, -0.1) is 6.42 Å². The average Bonchev–Trinajstić information content (AvgIpc) is 2.69. The van der Waals surface area contributed by atoms with Gasteiger partial charge in [0, 0.05) is 12.1 Å². The Hall–Kier alpha value is -3.54. The number of primary amides is 1.